The lowest BCUT2D eigenvalue weighted by atomic mass is 10.1. The Morgan fingerprint density at radius 1 is 1.11 bits per heavy atom. The van der Waals surface area contributed by atoms with Crippen LogP contribution >= 0.6 is 23.4 Å². The van der Waals surface area contributed by atoms with Crippen LogP contribution in [0.1, 0.15) is 16.7 Å². The van der Waals surface area contributed by atoms with Gasteiger partial charge in [0.05, 0.1) is 25.7 Å². The number of imide groups is 1. The van der Waals surface area contributed by atoms with E-state index >= 15 is 0 Å². The smallest absolute Gasteiger partial charge is 0.293 e. The molecule has 2 amide bonds. The number of thioether (sulfide) groups is 1. The molecule has 140 valence electrons. The van der Waals surface area contributed by atoms with Gasteiger partial charge in [0.1, 0.15) is 0 Å². The van der Waals surface area contributed by atoms with Crippen molar-refractivity contribution in [1.82, 2.24) is 4.90 Å². The van der Waals surface area contributed by atoms with E-state index in [1.54, 1.807) is 44.6 Å². The molecular weight excluding hydrogens is 386 g/mol. The fourth-order valence-corrected chi connectivity index (χ4v) is 3.75. The summed E-state index contributed by atoms with van der Waals surface area (Å²) < 4.78 is 10.6. The molecule has 1 aliphatic rings. The first kappa shape index (κ1) is 19.3. The van der Waals surface area contributed by atoms with E-state index in [2.05, 4.69) is 0 Å². The SMILES string of the molecule is COc1cc(C)c(/C=C2\SC(=O)N(Cc3ccccc3Cl)C2=O)cc1OC. The summed E-state index contributed by atoms with van der Waals surface area (Å²) in [6.07, 6.45) is 1.70. The minimum Gasteiger partial charge on any atom is -0.493 e. The second-order valence-electron chi connectivity index (χ2n) is 5.92. The van der Waals surface area contributed by atoms with Crippen LogP contribution in [-0.4, -0.2) is 30.3 Å². The largest absolute Gasteiger partial charge is 0.493 e. The Morgan fingerprint density at radius 2 is 1.78 bits per heavy atom. The Kier molecular flexibility index (Phi) is 5.77. The number of methoxy groups -OCH3 is 2. The van der Waals surface area contributed by atoms with Gasteiger partial charge in [0.2, 0.25) is 0 Å². The molecule has 27 heavy (non-hydrogen) atoms. The Morgan fingerprint density at radius 3 is 2.44 bits per heavy atom. The highest BCUT2D eigenvalue weighted by Gasteiger charge is 2.35. The highest BCUT2D eigenvalue weighted by molar-refractivity contribution is 8.18. The minimum atomic E-state index is -0.334. The number of ether oxygens (including phenoxy) is 2. The molecule has 0 spiro atoms. The van der Waals surface area contributed by atoms with E-state index in [0.717, 1.165) is 28.5 Å². The van der Waals surface area contributed by atoms with E-state index in [0.29, 0.717) is 21.4 Å². The quantitative estimate of drug-likeness (QED) is 0.664. The van der Waals surface area contributed by atoms with Gasteiger partial charge in [-0.1, -0.05) is 29.8 Å². The number of hydrogen-bond acceptors (Lipinski definition) is 5. The molecule has 3 rings (SSSR count). The summed E-state index contributed by atoms with van der Waals surface area (Å²) in [4.78, 5) is 26.7. The molecule has 0 bridgehead atoms. The molecular formula is C20H18ClNO4S. The molecule has 1 fully saturated rings. The summed E-state index contributed by atoms with van der Waals surface area (Å²) in [5, 5.41) is 0.209. The van der Waals surface area contributed by atoms with E-state index in [1.807, 2.05) is 19.1 Å². The summed E-state index contributed by atoms with van der Waals surface area (Å²) in [6.45, 7) is 2.05. The van der Waals surface area contributed by atoms with Crippen LogP contribution in [0.4, 0.5) is 4.79 Å². The van der Waals surface area contributed by atoms with Crippen molar-refractivity contribution in [2.24, 2.45) is 0 Å². The van der Waals surface area contributed by atoms with Gasteiger partial charge in [-0.2, -0.15) is 0 Å². The van der Waals surface area contributed by atoms with Crippen molar-refractivity contribution >= 4 is 40.6 Å². The lowest BCUT2D eigenvalue weighted by Gasteiger charge is -2.13. The summed E-state index contributed by atoms with van der Waals surface area (Å²) in [7, 11) is 3.12. The van der Waals surface area contributed by atoms with Crippen LogP contribution in [0.2, 0.25) is 5.02 Å². The Balaban J connectivity index is 1.90. The normalized spacial score (nSPS) is 15.6. The zero-order chi connectivity index (χ0) is 19.6. The third kappa shape index (κ3) is 3.96. The van der Waals surface area contributed by atoms with Crippen LogP contribution in [0.5, 0.6) is 11.5 Å². The number of amides is 2. The molecule has 2 aromatic rings. The van der Waals surface area contributed by atoms with Crippen LogP contribution in [0.3, 0.4) is 0 Å². The number of carbonyl (C=O) groups is 2. The minimum absolute atomic E-state index is 0.145. The third-order valence-corrected chi connectivity index (χ3v) is 5.49. The van der Waals surface area contributed by atoms with Gasteiger partial charge in [0.25, 0.3) is 11.1 Å². The number of nitrogens with zero attached hydrogens (tertiary/aromatic N) is 1. The number of carbonyl (C=O) groups excluding carboxylic acids is 2. The predicted molar refractivity (Wildman–Crippen MR) is 107 cm³/mol. The summed E-state index contributed by atoms with van der Waals surface area (Å²) in [5.41, 5.74) is 2.42. The first-order valence-electron chi connectivity index (χ1n) is 8.16. The van der Waals surface area contributed by atoms with Gasteiger partial charge in [-0.25, -0.2) is 0 Å². The van der Waals surface area contributed by atoms with Crippen LogP contribution in [0, 0.1) is 6.92 Å². The second kappa shape index (κ2) is 8.06. The second-order valence-corrected chi connectivity index (χ2v) is 7.32. The molecule has 2 aromatic carbocycles. The van der Waals surface area contributed by atoms with Gasteiger partial charge in [0.15, 0.2) is 11.5 Å². The van der Waals surface area contributed by atoms with Gasteiger partial charge in [-0.05, 0) is 59.7 Å². The predicted octanol–water partition coefficient (Wildman–Crippen LogP) is 4.90. The maximum absolute atomic E-state index is 12.7. The van der Waals surface area contributed by atoms with Crippen molar-refractivity contribution < 1.29 is 19.1 Å². The van der Waals surface area contributed by atoms with Crippen LogP contribution in [0.25, 0.3) is 6.08 Å². The molecule has 7 heteroatoms. The standard InChI is InChI=1S/C20H18ClNO4S/c1-12-8-16(25-2)17(26-3)9-14(12)10-18-19(23)22(20(24)27-18)11-13-6-4-5-7-15(13)21/h4-10H,11H2,1-3H3/b18-10-. The Labute approximate surface area is 166 Å². The number of benzene rings is 2. The van der Waals surface area contributed by atoms with Crippen LogP contribution in [0.15, 0.2) is 41.3 Å². The Hall–Kier alpha value is -2.44. The van der Waals surface area contributed by atoms with Crippen LogP contribution < -0.4 is 9.47 Å². The van der Waals surface area contributed by atoms with Crippen molar-refractivity contribution in [3.8, 4) is 11.5 Å². The third-order valence-electron chi connectivity index (χ3n) is 4.22. The van der Waals surface area contributed by atoms with Gasteiger partial charge < -0.3 is 9.47 Å². The van der Waals surface area contributed by atoms with Crippen molar-refractivity contribution in [2.45, 2.75) is 13.5 Å². The average Bonchev–Trinajstić information content (AvgIpc) is 2.92. The highest BCUT2D eigenvalue weighted by atomic mass is 35.5. The lowest BCUT2D eigenvalue weighted by Crippen LogP contribution is -2.27. The molecule has 0 aromatic heterocycles. The number of halogens is 1. The van der Waals surface area contributed by atoms with Gasteiger partial charge in [-0.15, -0.1) is 0 Å². The Bertz CT molecular complexity index is 942. The molecule has 0 aliphatic carbocycles. The van der Waals surface area contributed by atoms with Crippen molar-refractivity contribution in [3.63, 3.8) is 0 Å². The number of aryl methyl sites for hydroxylation is 1. The molecule has 0 saturated carbocycles. The van der Waals surface area contributed by atoms with Crippen molar-refractivity contribution in [1.29, 1.82) is 0 Å². The molecule has 5 nitrogen and oxygen atoms in total. The highest BCUT2D eigenvalue weighted by Crippen LogP contribution is 2.36. The van der Waals surface area contributed by atoms with Gasteiger partial charge >= 0.3 is 0 Å². The molecule has 0 N–H and O–H groups in total. The van der Waals surface area contributed by atoms with Gasteiger partial charge in [0, 0.05) is 5.02 Å². The molecule has 0 unspecified atom stereocenters. The summed E-state index contributed by atoms with van der Waals surface area (Å²) in [5.74, 6) is 0.836. The maximum atomic E-state index is 12.7. The average molecular weight is 404 g/mol. The molecule has 0 radical (unpaired) electrons. The first-order valence-corrected chi connectivity index (χ1v) is 9.35. The molecule has 1 aliphatic heterocycles. The fraction of sp³-hybridized carbons (Fsp3) is 0.200. The summed E-state index contributed by atoms with van der Waals surface area (Å²) >= 11 is 7.07. The maximum Gasteiger partial charge on any atom is 0.293 e. The number of rotatable bonds is 5. The fourth-order valence-electron chi connectivity index (χ4n) is 2.73. The molecule has 1 heterocycles. The molecule has 0 atom stereocenters. The number of hydrogen-bond donors (Lipinski definition) is 0. The summed E-state index contributed by atoms with van der Waals surface area (Å²) in [6, 6.07) is 10.8. The van der Waals surface area contributed by atoms with Crippen molar-refractivity contribution in [2.75, 3.05) is 14.2 Å². The van der Waals surface area contributed by atoms with E-state index in [1.165, 1.54) is 4.90 Å². The van der Waals surface area contributed by atoms with Crippen molar-refractivity contribution in [3.05, 3.63) is 63.0 Å². The zero-order valence-electron chi connectivity index (χ0n) is 15.1. The van der Waals surface area contributed by atoms with E-state index in [9.17, 15) is 9.59 Å². The monoisotopic (exact) mass is 403 g/mol. The first-order chi connectivity index (χ1) is 12.9. The zero-order valence-corrected chi connectivity index (χ0v) is 16.7. The van der Waals surface area contributed by atoms with E-state index < -0.39 is 0 Å². The van der Waals surface area contributed by atoms with E-state index in [4.69, 9.17) is 21.1 Å². The van der Waals surface area contributed by atoms with Crippen LogP contribution in [-0.2, 0) is 11.3 Å². The molecule has 1 saturated heterocycles. The topological polar surface area (TPSA) is 55.8 Å². The van der Waals surface area contributed by atoms with Gasteiger partial charge in [-0.3, -0.25) is 14.5 Å². The van der Waals surface area contributed by atoms with E-state index in [-0.39, 0.29) is 17.7 Å². The lowest BCUT2D eigenvalue weighted by molar-refractivity contribution is -0.123.